The highest BCUT2D eigenvalue weighted by atomic mass is 32.2. The van der Waals surface area contributed by atoms with Crippen LogP contribution in [0.2, 0.25) is 0 Å². The summed E-state index contributed by atoms with van der Waals surface area (Å²) in [6.45, 7) is 5.57. The van der Waals surface area contributed by atoms with Crippen LogP contribution in [0.1, 0.15) is 32.8 Å². The van der Waals surface area contributed by atoms with Gasteiger partial charge >= 0.3 is 0 Å². The van der Waals surface area contributed by atoms with Gasteiger partial charge in [-0.15, -0.1) is 0 Å². The summed E-state index contributed by atoms with van der Waals surface area (Å²) < 4.78 is 27.1. The van der Waals surface area contributed by atoms with E-state index >= 15 is 0 Å². The van der Waals surface area contributed by atoms with Gasteiger partial charge in [0.25, 0.3) is 0 Å². The Bertz CT molecular complexity index is 602. The first kappa shape index (κ1) is 16.6. The van der Waals surface area contributed by atoms with E-state index < -0.39 is 10.0 Å². The maximum absolute atomic E-state index is 12.2. The molecule has 1 rings (SSSR count). The molecule has 1 heterocycles. The van der Waals surface area contributed by atoms with E-state index in [4.69, 9.17) is 5.11 Å². The predicted molar refractivity (Wildman–Crippen MR) is 77.4 cm³/mol. The van der Waals surface area contributed by atoms with Crippen molar-refractivity contribution in [2.45, 2.75) is 38.1 Å². The zero-order chi connectivity index (χ0) is 15.2. The Balaban J connectivity index is 2.98. The Hall–Kier alpha value is -1.42. The van der Waals surface area contributed by atoms with Crippen LogP contribution in [-0.4, -0.2) is 31.2 Å². The molecule has 6 heteroatoms. The molecule has 20 heavy (non-hydrogen) atoms. The molecular weight excluding hydrogens is 276 g/mol. The molecule has 2 unspecified atom stereocenters. The van der Waals surface area contributed by atoms with Crippen LogP contribution in [-0.2, 0) is 10.0 Å². The molecule has 0 saturated carbocycles. The fraction of sp³-hybridized carbons (Fsp3) is 0.500. The van der Waals surface area contributed by atoms with E-state index in [0.29, 0.717) is 5.56 Å². The van der Waals surface area contributed by atoms with Crippen LogP contribution >= 0.6 is 0 Å². The number of rotatable bonds is 5. The zero-order valence-corrected chi connectivity index (χ0v) is 12.7. The zero-order valence-electron chi connectivity index (χ0n) is 11.9. The average molecular weight is 296 g/mol. The van der Waals surface area contributed by atoms with Crippen LogP contribution in [0.3, 0.4) is 0 Å². The topological polar surface area (TPSA) is 79.3 Å². The number of pyridine rings is 1. The van der Waals surface area contributed by atoms with Gasteiger partial charge in [-0.05, 0) is 18.9 Å². The van der Waals surface area contributed by atoms with Gasteiger partial charge in [0.1, 0.15) is 11.5 Å². The number of hydrogen-bond acceptors (Lipinski definition) is 4. The molecule has 0 radical (unpaired) electrons. The van der Waals surface area contributed by atoms with E-state index in [1.54, 1.807) is 0 Å². The lowest BCUT2D eigenvalue weighted by atomic mass is 10.0. The van der Waals surface area contributed by atoms with Gasteiger partial charge in [-0.25, -0.2) is 13.1 Å². The minimum atomic E-state index is -3.60. The van der Waals surface area contributed by atoms with Crippen LogP contribution in [0.25, 0.3) is 0 Å². The van der Waals surface area contributed by atoms with Crippen molar-refractivity contribution in [3.05, 3.63) is 24.0 Å². The molecule has 0 amide bonds. The average Bonchev–Trinajstić information content (AvgIpc) is 2.44. The largest absolute Gasteiger partial charge is 0.384 e. The Labute approximate surface area is 120 Å². The van der Waals surface area contributed by atoms with Crippen LogP contribution in [0, 0.1) is 17.8 Å². The first-order valence-electron chi connectivity index (χ1n) is 6.47. The van der Waals surface area contributed by atoms with Crippen molar-refractivity contribution in [2.75, 3.05) is 6.61 Å². The minimum absolute atomic E-state index is 0.0809. The molecule has 2 atom stereocenters. The van der Waals surface area contributed by atoms with Gasteiger partial charge in [0.15, 0.2) is 0 Å². The molecule has 2 N–H and O–H groups in total. The van der Waals surface area contributed by atoms with Gasteiger partial charge in [0.2, 0.25) is 10.0 Å². The maximum atomic E-state index is 12.2. The fourth-order valence-corrected chi connectivity index (χ4v) is 2.90. The Morgan fingerprint density at radius 3 is 2.70 bits per heavy atom. The Morgan fingerprint density at radius 2 is 2.10 bits per heavy atom. The molecule has 110 valence electrons. The normalized spacial score (nSPS) is 14.2. The fourth-order valence-electron chi connectivity index (χ4n) is 1.56. The number of aromatic nitrogens is 1. The number of nitrogens with zero attached hydrogens (tertiary/aromatic N) is 1. The SMILES string of the molecule is CCC(C)C(C)NS(=O)(=O)c1cncc(C#CCO)c1. The van der Waals surface area contributed by atoms with E-state index in [0.717, 1.165) is 6.42 Å². The van der Waals surface area contributed by atoms with Gasteiger partial charge in [-0.3, -0.25) is 4.98 Å². The van der Waals surface area contributed by atoms with Crippen LogP contribution in [0.4, 0.5) is 0 Å². The predicted octanol–water partition coefficient (Wildman–Crippen LogP) is 1.14. The highest BCUT2D eigenvalue weighted by molar-refractivity contribution is 7.89. The molecule has 0 bridgehead atoms. The summed E-state index contributed by atoms with van der Waals surface area (Å²) in [6, 6.07) is 1.29. The lowest BCUT2D eigenvalue weighted by Gasteiger charge is -2.19. The second kappa shape index (κ2) is 7.39. The molecule has 0 aromatic carbocycles. The summed E-state index contributed by atoms with van der Waals surface area (Å²) >= 11 is 0. The summed E-state index contributed by atoms with van der Waals surface area (Å²) in [7, 11) is -3.60. The first-order chi connectivity index (χ1) is 9.40. The van der Waals surface area contributed by atoms with Gasteiger partial charge in [0.05, 0.1) is 0 Å². The molecule has 1 aromatic rings. The quantitative estimate of drug-likeness (QED) is 0.799. The number of aliphatic hydroxyl groups is 1. The van der Waals surface area contributed by atoms with E-state index in [1.165, 1.54) is 18.5 Å². The molecule has 0 saturated heterocycles. The Morgan fingerprint density at radius 1 is 1.40 bits per heavy atom. The van der Waals surface area contributed by atoms with Crippen LogP contribution in [0.15, 0.2) is 23.4 Å². The molecule has 0 fully saturated rings. The highest BCUT2D eigenvalue weighted by Crippen LogP contribution is 2.13. The number of sulfonamides is 1. The van der Waals surface area contributed by atoms with Crippen molar-refractivity contribution < 1.29 is 13.5 Å². The van der Waals surface area contributed by atoms with Crippen molar-refractivity contribution in [1.29, 1.82) is 0 Å². The molecule has 0 aliphatic rings. The van der Waals surface area contributed by atoms with Crippen molar-refractivity contribution in [2.24, 2.45) is 5.92 Å². The third kappa shape index (κ3) is 4.60. The third-order valence-electron chi connectivity index (χ3n) is 3.17. The summed E-state index contributed by atoms with van der Waals surface area (Å²) in [4.78, 5) is 3.95. The molecule has 0 aliphatic carbocycles. The second-order valence-corrected chi connectivity index (χ2v) is 6.38. The van der Waals surface area contributed by atoms with E-state index in [9.17, 15) is 8.42 Å². The first-order valence-corrected chi connectivity index (χ1v) is 7.96. The van der Waals surface area contributed by atoms with Crippen LogP contribution in [0.5, 0.6) is 0 Å². The summed E-state index contributed by atoms with van der Waals surface area (Å²) in [6.07, 6.45) is 3.64. The van der Waals surface area contributed by atoms with E-state index in [-0.39, 0.29) is 23.5 Å². The Kier molecular flexibility index (Phi) is 6.14. The van der Waals surface area contributed by atoms with Crippen molar-refractivity contribution in [1.82, 2.24) is 9.71 Å². The number of aliphatic hydroxyl groups excluding tert-OH is 1. The number of hydrogen-bond donors (Lipinski definition) is 2. The smallest absolute Gasteiger partial charge is 0.242 e. The molecule has 5 nitrogen and oxygen atoms in total. The van der Waals surface area contributed by atoms with E-state index in [2.05, 4.69) is 21.5 Å². The van der Waals surface area contributed by atoms with Gasteiger partial charge in [0, 0.05) is 24.0 Å². The molecule has 0 spiro atoms. The van der Waals surface area contributed by atoms with Gasteiger partial charge < -0.3 is 5.11 Å². The highest BCUT2D eigenvalue weighted by Gasteiger charge is 2.20. The van der Waals surface area contributed by atoms with Crippen LogP contribution < -0.4 is 4.72 Å². The molecular formula is C14H20N2O3S. The van der Waals surface area contributed by atoms with Gasteiger partial charge in [-0.2, -0.15) is 0 Å². The molecule has 1 aromatic heterocycles. The minimum Gasteiger partial charge on any atom is -0.384 e. The van der Waals surface area contributed by atoms with Crippen molar-refractivity contribution in [3.8, 4) is 11.8 Å². The summed E-state index contributed by atoms with van der Waals surface area (Å²) in [5.74, 6) is 5.35. The summed E-state index contributed by atoms with van der Waals surface area (Å²) in [5, 5.41) is 8.64. The number of nitrogens with one attached hydrogen (secondary N) is 1. The molecule has 0 aliphatic heterocycles. The lowest BCUT2D eigenvalue weighted by Crippen LogP contribution is -2.36. The lowest BCUT2D eigenvalue weighted by molar-refractivity contribution is 0.350. The van der Waals surface area contributed by atoms with E-state index in [1.807, 2.05) is 20.8 Å². The second-order valence-electron chi connectivity index (χ2n) is 4.66. The van der Waals surface area contributed by atoms with Crippen molar-refractivity contribution in [3.63, 3.8) is 0 Å². The maximum Gasteiger partial charge on any atom is 0.242 e. The monoisotopic (exact) mass is 296 g/mol. The van der Waals surface area contributed by atoms with Gasteiger partial charge in [-0.1, -0.05) is 32.1 Å². The standard InChI is InChI=1S/C14H20N2O3S/c1-4-11(2)12(3)16-20(18,19)14-8-13(6-5-7-17)9-15-10-14/h8-12,16-17H,4,7H2,1-3H3. The summed E-state index contributed by atoms with van der Waals surface area (Å²) in [5.41, 5.74) is 0.457. The third-order valence-corrected chi connectivity index (χ3v) is 4.70. The van der Waals surface area contributed by atoms with Crippen molar-refractivity contribution >= 4 is 10.0 Å².